The third-order valence-corrected chi connectivity index (χ3v) is 5.18. The zero-order chi connectivity index (χ0) is 16.4. The lowest BCUT2D eigenvalue weighted by atomic mass is 10.1. The zero-order valence-corrected chi connectivity index (χ0v) is 15.2. The Morgan fingerprint density at radius 3 is 1.83 bits per heavy atom. The van der Waals surface area contributed by atoms with Crippen LogP contribution in [0.5, 0.6) is 0 Å². The molecule has 0 fully saturated rings. The Hall–Kier alpha value is -2.06. The number of hydrogen-bond acceptors (Lipinski definition) is 0. The summed E-state index contributed by atoms with van der Waals surface area (Å²) in [6, 6.07) is 26.4. The van der Waals surface area contributed by atoms with Crippen molar-refractivity contribution < 1.29 is 0 Å². The summed E-state index contributed by atoms with van der Waals surface area (Å²) in [5.41, 5.74) is 5.19. The van der Waals surface area contributed by atoms with Gasteiger partial charge in [-0.2, -0.15) is 0 Å². The van der Waals surface area contributed by atoms with Crippen LogP contribution in [0.25, 0.3) is 27.5 Å². The van der Waals surface area contributed by atoms with E-state index in [1.54, 1.807) is 0 Å². The minimum absolute atomic E-state index is 1.09. The molecule has 0 N–H and O–H groups in total. The van der Waals surface area contributed by atoms with Crippen molar-refractivity contribution in [3.8, 4) is 5.69 Å². The van der Waals surface area contributed by atoms with Gasteiger partial charge in [-0.3, -0.25) is 0 Å². The third-order valence-electron chi connectivity index (χ3n) is 4.62. The fourth-order valence-electron chi connectivity index (χ4n) is 3.44. The van der Waals surface area contributed by atoms with Gasteiger partial charge in [0.1, 0.15) is 0 Å². The van der Waals surface area contributed by atoms with Crippen molar-refractivity contribution in [2.24, 2.45) is 0 Å². The Kier molecular flexibility index (Phi) is 4.40. The maximum atomic E-state index is 3.50. The van der Waals surface area contributed by atoms with Crippen molar-refractivity contribution in [2.45, 2.75) is 19.3 Å². The highest BCUT2D eigenvalue weighted by atomic mass is 79.9. The average molecular weight is 378 g/mol. The molecule has 0 aliphatic carbocycles. The Labute approximate surface area is 151 Å². The van der Waals surface area contributed by atoms with E-state index in [1.165, 1.54) is 45.9 Å². The standard InChI is InChI=1S/C22H20BrN/c23-16-6-5-7-17-12-14-18(15-13-17)24-21-10-3-1-8-19(21)20-9-2-4-11-22(20)24/h1-4,8-15H,5-7,16H2. The summed E-state index contributed by atoms with van der Waals surface area (Å²) in [7, 11) is 0. The number of aryl methyl sites for hydroxylation is 1. The molecule has 0 atom stereocenters. The molecule has 0 unspecified atom stereocenters. The predicted octanol–water partition coefficient (Wildman–Crippen LogP) is 6.50. The first kappa shape index (κ1) is 15.5. The fraction of sp³-hybridized carbons (Fsp3) is 0.182. The molecule has 1 heterocycles. The molecule has 120 valence electrons. The Balaban J connectivity index is 1.80. The number of halogens is 1. The van der Waals surface area contributed by atoms with Gasteiger partial charge < -0.3 is 4.57 Å². The molecule has 4 rings (SSSR count). The second-order valence-corrected chi connectivity index (χ2v) is 6.98. The summed E-state index contributed by atoms with van der Waals surface area (Å²) >= 11 is 3.50. The predicted molar refractivity (Wildman–Crippen MR) is 108 cm³/mol. The molecular weight excluding hydrogens is 358 g/mol. The van der Waals surface area contributed by atoms with Gasteiger partial charge >= 0.3 is 0 Å². The van der Waals surface area contributed by atoms with Crippen LogP contribution in [0.1, 0.15) is 18.4 Å². The number of nitrogens with zero attached hydrogens (tertiary/aromatic N) is 1. The lowest BCUT2D eigenvalue weighted by Gasteiger charge is -2.09. The molecule has 0 saturated carbocycles. The monoisotopic (exact) mass is 377 g/mol. The van der Waals surface area contributed by atoms with Crippen molar-refractivity contribution >= 4 is 37.7 Å². The van der Waals surface area contributed by atoms with Gasteiger partial charge in [0.25, 0.3) is 0 Å². The smallest absolute Gasteiger partial charge is 0.0541 e. The van der Waals surface area contributed by atoms with Gasteiger partial charge in [-0.15, -0.1) is 0 Å². The molecule has 0 spiro atoms. The zero-order valence-electron chi connectivity index (χ0n) is 13.6. The number of hydrogen-bond donors (Lipinski definition) is 0. The van der Waals surface area contributed by atoms with E-state index < -0.39 is 0 Å². The van der Waals surface area contributed by atoms with E-state index in [1.807, 2.05) is 0 Å². The molecular formula is C22H20BrN. The average Bonchev–Trinajstić information content (AvgIpc) is 2.97. The fourth-order valence-corrected chi connectivity index (χ4v) is 3.83. The highest BCUT2D eigenvalue weighted by molar-refractivity contribution is 9.09. The maximum absolute atomic E-state index is 3.50. The van der Waals surface area contributed by atoms with Crippen molar-refractivity contribution in [3.63, 3.8) is 0 Å². The van der Waals surface area contributed by atoms with Gasteiger partial charge in [0.05, 0.1) is 11.0 Å². The number of aromatic nitrogens is 1. The van der Waals surface area contributed by atoms with Crippen LogP contribution in [0.2, 0.25) is 0 Å². The molecule has 1 nitrogen and oxygen atoms in total. The maximum Gasteiger partial charge on any atom is 0.0541 e. The summed E-state index contributed by atoms with van der Waals surface area (Å²) in [6.07, 6.45) is 3.62. The van der Waals surface area contributed by atoms with Crippen LogP contribution in [0.3, 0.4) is 0 Å². The first-order chi connectivity index (χ1) is 11.9. The topological polar surface area (TPSA) is 4.93 Å². The van der Waals surface area contributed by atoms with Crippen LogP contribution >= 0.6 is 15.9 Å². The second-order valence-electron chi connectivity index (χ2n) is 6.18. The van der Waals surface area contributed by atoms with E-state index in [-0.39, 0.29) is 0 Å². The molecule has 0 bridgehead atoms. The highest BCUT2D eigenvalue weighted by Crippen LogP contribution is 2.31. The van der Waals surface area contributed by atoms with E-state index in [0.717, 1.165) is 11.8 Å². The number of unbranched alkanes of at least 4 members (excludes halogenated alkanes) is 1. The molecule has 2 heteroatoms. The van der Waals surface area contributed by atoms with Crippen LogP contribution in [0.4, 0.5) is 0 Å². The molecule has 0 aliphatic heterocycles. The summed E-state index contributed by atoms with van der Waals surface area (Å²) in [6.45, 7) is 0. The van der Waals surface area contributed by atoms with Crippen LogP contribution in [0, 0.1) is 0 Å². The normalized spacial score (nSPS) is 11.4. The number of rotatable bonds is 5. The minimum Gasteiger partial charge on any atom is -0.309 e. The Bertz CT molecular complexity index is 913. The van der Waals surface area contributed by atoms with Gasteiger partial charge in [0, 0.05) is 21.8 Å². The number of alkyl halides is 1. The third kappa shape index (κ3) is 2.76. The van der Waals surface area contributed by atoms with E-state index in [4.69, 9.17) is 0 Å². The van der Waals surface area contributed by atoms with E-state index in [9.17, 15) is 0 Å². The lowest BCUT2D eigenvalue weighted by Crippen LogP contribution is -1.94. The van der Waals surface area contributed by atoms with E-state index >= 15 is 0 Å². The summed E-state index contributed by atoms with van der Waals surface area (Å²) in [4.78, 5) is 0. The van der Waals surface area contributed by atoms with Gasteiger partial charge in [0.15, 0.2) is 0 Å². The summed E-state index contributed by atoms with van der Waals surface area (Å²) < 4.78 is 2.37. The quantitative estimate of drug-likeness (QED) is 0.276. The molecule has 0 aliphatic rings. The van der Waals surface area contributed by atoms with E-state index in [2.05, 4.69) is 93.3 Å². The van der Waals surface area contributed by atoms with Crippen LogP contribution in [-0.2, 0) is 6.42 Å². The van der Waals surface area contributed by atoms with Crippen LogP contribution in [-0.4, -0.2) is 9.90 Å². The highest BCUT2D eigenvalue weighted by Gasteiger charge is 2.10. The van der Waals surface area contributed by atoms with Crippen molar-refractivity contribution in [2.75, 3.05) is 5.33 Å². The molecule has 0 saturated heterocycles. The first-order valence-electron chi connectivity index (χ1n) is 8.52. The molecule has 0 amide bonds. The molecule has 3 aromatic carbocycles. The SMILES string of the molecule is BrCCCCc1ccc(-n2c3ccccc3c3ccccc32)cc1. The Morgan fingerprint density at radius 1 is 0.667 bits per heavy atom. The largest absolute Gasteiger partial charge is 0.309 e. The number of benzene rings is 3. The van der Waals surface area contributed by atoms with Crippen molar-refractivity contribution in [1.29, 1.82) is 0 Å². The molecule has 1 aromatic heterocycles. The number of fused-ring (bicyclic) bond motifs is 3. The number of para-hydroxylation sites is 2. The van der Waals surface area contributed by atoms with Gasteiger partial charge in [-0.25, -0.2) is 0 Å². The molecule has 24 heavy (non-hydrogen) atoms. The van der Waals surface area contributed by atoms with Gasteiger partial charge in [-0.05, 0) is 49.1 Å². The second kappa shape index (κ2) is 6.82. The van der Waals surface area contributed by atoms with Crippen LogP contribution < -0.4 is 0 Å². The summed E-state index contributed by atoms with van der Waals surface area (Å²) in [5, 5.41) is 3.72. The first-order valence-corrected chi connectivity index (χ1v) is 9.64. The van der Waals surface area contributed by atoms with Crippen molar-refractivity contribution in [3.05, 3.63) is 78.4 Å². The Morgan fingerprint density at radius 2 is 1.25 bits per heavy atom. The van der Waals surface area contributed by atoms with Gasteiger partial charge in [0.2, 0.25) is 0 Å². The molecule has 0 radical (unpaired) electrons. The summed E-state index contributed by atoms with van der Waals surface area (Å²) in [5.74, 6) is 0. The van der Waals surface area contributed by atoms with E-state index in [0.29, 0.717) is 0 Å². The van der Waals surface area contributed by atoms with Crippen LogP contribution in [0.15, 0.2) is 72.8 Å². The van der Waals surface area contributed by atoms with Gasteiger partial charge in [-0.1, -0.05) is 64.5 Å². The molecule has 4 aromatic rings. The lowest BCUT2D eigenvalue weighted by molar-refractivity contribution is 0.806. The minimum atomic E-state index is 1.09. The van der Waals surface area contributed by atoms with Crippen molar-refractivity contribution in [1.82, 2.24) is 4.57 Å².